The maximum atomic E-state index is 11.0. The number of rotatable bonds is 5. The highest BCUT2D eigenvalue weighted by Crippen LogP contribution is 1.98. The Hall–Kier alpha value is -1.20. The van der Waals surface area contributed by atoms with E-state index in [2.05, 4.69) is 23.3 Å². The molecule has 0 aliphatic carbocycles. The van der Waals surface area contributed by atoms with Crippen LogP contribution in [0.3, 0.4) is 0 Å². The van der Waals surface area contributed by atoms with Gasteiger partial charge >= 0.3 is 6.09 Å². The molecule has 0 bridgehead atoms. The normalized spacial score (nSPS) is 11.9. The standard InChI is InChI=1S/C11H16N2O2S/c1-2-15-11(14)13-10(16)12-8-9-6-4-3-5-7-9/h3-7,10,12,16H,2,8H2,1H3,(H,13,14). The second kappa shape index (κ2) is 7.14. The fraction of sp³-hybridized carbons (Fsp3) is 0.364. The van der Waals surface area contributed by atoms with Crippen LogP contribution in [-0.4, -0.2) is 18.2 Å². The van der Waals surface area contributed by atoms with Gasteiger partial charge < -0.3 is 4.74 Å². The first kappa shape index (κ1) is 12.9. The maximum Gasteiger partial charge on any atom is 0.409 e. The molecule has 0 saturated carbocycles. The van der Waals surface area contributed by atoms with Crippen LogP contribution < -0.4 is 10.6 Å². The molecular formula is C11H16N2O2S. The van der Waals surface area contributed by atoms with E-state index in [0.717, 1.165) is 5.56 Å². The van der Waals surface area contributed by atoms with E-state index < -0.39 is 11.6 Å². The number of alkyl carbamates (subject to hydrolysis) is 1. The van der Waals surface area contributed by atoms with Gasteiger partial charge in [0.05, 0.1) is 6.61 Å². The first-order chi connectivity index (χ1) is 7.72. The highest BCUT2D eigenvalue weighted by atomic mass is 32.1. The largest absolute Gasteiger partial charge is 0.450 e. The molecule has 0 spiro atoms. The summed E-state index contributed by atoms with van der Waals surface area (Å²) in [5.74, 6) is 0. The number of hydrogen-bond donors (Lipinski definition) is 3. The zero-order valence-corrected chi connectivity index (χ0v) is 10.0. The maximum absolute atomic E-state index is 11.0. The fourth-order valence-electron chi connectivity index (χ4n) is 1.15. The summed E-state index contributed by atoms with van der Waals surface area (Å²) in [6.07, 6.45) is -0.469. The molecule has 16 heavy (non-hydrogen) atoms. The van der Waals surface area contributed by atoms with Gasteiger partial charge in [-0.25, -0.2) is 4.79 Å². The van der Waals surface area contributed by atoms with Crippen molar-refractivity contribution in [1.29, 1.82) is 0 Å². The van der Waals surface area contributed by atoms with E-state index in [1.54, 1.807) is 6.92 Å². The number of carbonyl (C=O) groups is 1. The molecule has 4 nitrogen and oxygen atoms in total. The van der Waals surface area contributed by atoms with E-state index >= 15 is 0 Å². The third kappa shape index (κ3) is 5.04. The summed E-state index contributed by atoms with van der Waals surface area (Å²) >= 11 is 4.17. The molecule has 1 amide bonds. The molecule has 0 aromatic heterocycles. The van der Waals surface area contributed by atoms with Gasteiger partial charge in [-0.3, -0.25) is 10.6 Å². The zero-order chi connectivity index (χ0) is 11.8. The number of carbonyl (C=O) groups excluding carboxylic acids is 1. The Kier molecular flexibility index (Phi) is 5.74. The summed E-state index contributed by atoms with van der Waals surface area (Å²) in [5, 5.41) is 5.58. The van der Waals surface area contributed by atoms with Gasteiger partial charge in [0.2, 0.25) is 0 Å². The molecule has 1 aromatic rings. The lowest BCUT2D eigenvalue weighted by Crippen LogP contribution is -2.41. The third-order valence-electron chi connectivity index (χ3n) is 1.87. The molecule has 1 atom stereocenters. The summed E-state index contributed by atoms with van der Waals surface area (Å²) in [7, 11) is 0. The molecule has 1 aromatic carbocycles. The van der Waals surface area contributed by atoms with Gasteiger partial charge in [-0.2, -0.15) is 0 Å². The van der Waals surface area contributed by atoms with Gasteiger partial charge in [0.1, 0.15) is 5.50 Å². The van der Waals surface area contributed by atoms with Crippen LogP contribution in [-0.2, 0) is 11.3 Å². The van der Waals surface area contributed by atoms with Crippen molar-refractivity contribution in [3.05, 3.63) is 35.9 Å². The van der Waals surface area contributed by atoms with E-state index in [1.165, 1.54) is 0 Å². The average Bonchev–Trinajstić information content (AvgIpc) is 2.28. The molecule has 1 unspecified atom stereocenters. The van der Waals surface area contributed by atoms with Crippen molar-refractivity contribution in [2.45, 2.75) is 19.0 Å². The van der Waals surface area contributed by atoms with Crippen molar-refractivity contribution in [3.8, 4) is 0 Å². The van der Waals surface area contributed by atoms with Gasteiger partial charge in [-0.1, -0.05) is 30.3 Å². The monoisotopic (exact) mass is 240 g/mol. The van der Waals surface area contributed by atoms with Crippen LogP contribution in [0.25, 0.3) is 0 Å². The Morgan fingerprint density at radius 3 is 2.75 bits per heavy atom. The molecular weight excluding hydrogens is 224 g/mol. The van der Waals surface area contributed by atoms with Crippen molar-refractivity contribution in [1.82, 2.24) is 10.6 Å². The predicted octanol–water partition coefficient (Wildman–Crippen LogP) is 1.74. The summed E-state index contributed by atoms with van der Waals surface area (Å²) in [5.41, 5.74) is 0.714. The predicted molar refractivity (Wildman–Crippen MR) is 66.2 cm³/mol. The van der Waals surface area contributed by atoms with Crippen LogP contribution in [0.4, 0.5) is 4.79 Å². The minimum Gasteiger partial charge on any atom is -0.450 e. The molecule has 0 aliphatic heterocycles. The SMILES string of the molecule is CCOC(=O)NC(S)NCc1ccccc1. The lowest BCUT2D eigenvalue weighted by molar-refractivity contribution is 0.150. The van der Waals surface area contributed by atoms with Crippen molar-refractivity contribution in [2.75, 3.05) is 6.61 Å². The van der Waals surface area contributed by atoms with Gasteiger partial charge in [-0.15, -0.1) is 12.6 Å². The van der Waals surface area contributed by atoms with Gasteiger partial charge in [0.25, 0.3) is 0 Å². The van der Waals surface area contributed by atoms with Crippen molar-refractivity contribution >= 4 is 18.7 Å². The molecule has 0 radical (unpaired) electrons. The second-order valence-corrected chi connectivity index (χ2v) is 3.65. The number of benzene rings is 1. The summed E-state index contributed by atoms with van der Waals surface area (Å²) in [4.78, 5) is 11.0. The molecule has 5 heteroatoms. The molecule has 0 fully saturated rings. The summed E-state index contributed by atoms with van der Waals surface area (Å²) < 4.78 is 4.73. The highest BCUT2D eigenvalue weighted by molar-refractivity contribution is 7.80. The molecule has 88 valence electrons. The minimum absolute atomic E-state index is 0.352. The van der Waals surface area contributed by atoms with Crippen LogP contribution in [0.15, 0.2) is 30.3 Å². The van der Waals surface area contributed by atoms with Crippen LogP contribution in [0, 0.1) is 0 Å². The molecule has 0 heterocycles. The number of ether oxygens (including phenoxy) is 1. The van der Waals surface area contributed by atoms with E-state index in [-0.39, 0.29) is 0 Å². The second-order valence-electron chi connectivity index (χ2n) is 3.13. The van der Waals surface area contributed by atoms with Crippen LogP contribution in [0.1, 0.15) is 12.5 Å². The molecule has 1 rings (SSSR count). The fourth-order valence-corrected chi connectivity index (χ4v) is 1.34. The highest BCUT2D eigenvalue weighted by Gasteiger charge is 2.06. The smallest absolute Gasteiger partial charge is 0.409 e. The minimum atomic E-state index is -0.469. The van der Waals surface area contributed by atoms with Gasteiger partial charge in [0.15, 0.2) is 0 Å². The van der Waals surface area contributed by atoms with Crippen LogP contribution >= 0.6 is 12.6 Å². The van der Waals surface area contributed by atoms with E-state index in [0.29, 0.717) is 13.2 Å². The van der Waals surface area contributed by atoms with Crippen molar-refractivity contribution in [2.24, 2.45) is 0 Å². The summed E-state index contributed by atoms with van der Waals surface area (Å²) in [6, 6.07) is 9.88. The Morgan fingerprint density at radius 2 is 2.12 bits per heavy atom. The van der Waals surface area contributed by atoms with E-state index in [4.69, 9.17) is 4.74 Å². The Labute approximate surface area is 101 Å². The number of thiol groups is 1. The van der Waals surface area contributed by atoms with Gasteiger partial charge in [-0.05, 0) is 12.5 Å². The van der Waals surface area contributed by atoms with Crippen molar-refractivity contribution < 1.29 is 9.53 Å². The number of amides is 1. The topological polar surface area (TPSA) is 50.4 Å². The summed E-state index contributed by atoms with van der Waals surface area (Å²) in [6.45, 7) is 2.75. The first-order valence-corrected chi connectivity index (χ1v) is 5.62. The lowest BCUT2D eigenvalue weighted by Gasteiger charge is -2.14. The van der Waals surface area contributed by atoms with Crippen LogP contribution in [0.2, 0.25) is 0 Å². The lowest BCUT2D eigenvalue weighted by atomic mass is 10.2. The van der Waals surface area contributed by atoms with E-state index in [9.17, 15) is 4.79 Å². The Bertz CT molecular complexity index is 319. The molecule has 0 aliphatic rings. The Balaban J connectivity index is 2.25. The molecule has 0 saturated heterocycles. The molecule has 2 N–H and O–H groups in total. The number of nitrogens with one attached hydrogen (secondary N) is 2. The van der Waals surface area contributed by atoms with Crippen LogP contribution in [0.5, 0.6) is 0 Å². The zero-order valence-electron chi connectivity index (χ0n) is 9.14. The first-order valence-electron chi connectivity index (χ1n) is 5.11. The Morgan fingerprint density at radius 1 is 1.44 bits per heavy atom. The van der Waals surface area contributed by atoms with Crippen molar-refractivity contribution in [3.63, 3.8) is 0 Å². The van der Waals surface area contributed by atoms with E-state index in [1.807, 2.05) is 30.3 Å². The average molecular weight is 240 g/mol. The third-order valence-corrected chi connectivity index (χ3v) is 2.18. The van der Waals surface area contributed by atoms with Gasteiger partial charge in [0, 0.05) is 6.54 Å². The number of hydrogen-bond acceptors (Lipinski definition) is 4. The quantitative estimate of drug-likeness (QED) is 0.543.